The molecule has 1 aliphatic heterocycles. The fourth-order valence-corrected chi connectivity index (χ4v) is 1.95. The number of nitrogens with one attached hydrogen (secondary N) is 1. The number of fused-ring (bicyclic) bond motifs is 1. The Kier molecular flexibility index (Phi) is 3.03. The number of phenols is 1. The highest BCUT2D eigenvalue weighted by atomic mass is 16.5. The molecule has 0 aromatic heterocycles. The van der Waals surface area contributed by atoms with Crippen molar-refractivity contribution >= 4 is 0 Å². The maximum absolute atomic E-state index is 9.89. The minimum atomic E-state index is -0.586. The van der Waals surface area contributed by atoms with Crippen molar-refractivity contribution in [3.05, 3.63) is 23.8 Å². The van der Waals surface area contributed by atoms with Crippen molar-refractivity contribution in [2.75, 3.05) is 6.61 Å². The molecule has 0 aliphatic carbocycles. The molecule has 1 heterocycles. The molecule has 2 rings (SSSR count). The summed E-state index contributed by atoms with van der Waals surface area (Å²) < 4.78 is 5.40. The van der Waals surface area contributed by atoms with E-state index in [0.29, 0.717) is 0 Å². The quantitative estimate of drug-likeness (QED) is 0.704. The number of aromatic hydroxyl groups is 1. The monoisotopic (exact) mass is 223 g/mol. The van der Waals surface area contributed by atoms with Gasteiger partial charge in [0.05, 0.1) is 6.04 Å². The second-order valence-corrected chi connectivity index (χ2v) is 4.40. The summed E-state index contributed by atoms with van der Waals surface area (Å²) in [6.45, 7) is 4.32. The summed E-state index contributed by atoms with van der Waals surface area (Å²) in [5.74, 6) is 0.910. The van der Waals surface area contributed by atoms with Crippen LogP contribution in [0.3, 0.4) is 0 Å². The summed E-state index contributed by atoms with van der Waals surface area (Å²) in [6, 6.07) is 5.02. The average molecular weight is 223 g/mol. The maximum Gasteiger partial charge on any atom is 0.124 e. The molecular weight excluding hydrogens is 206 g/mol. The number of hydrogen-bond donors (Lipinski definition) is 3. The molecule has 1 aromatic rings. The van der Waals surface area contributed by atoms with Gasteiger partial charge < -0.3 is 20.3 Å². The second-order valence-electron chi connectivity index (χ2n) is 4.40. The highest BCUT2D eigenvalue weighted by Gasteiger charge is 2.29. The smallest absolute Gasteiger partial charge is 0.124 e. The van der Waals surface area contributed by atoms with E-state index in [1.165, 1.54) is 0 Å². The number of aliphatic hydroxyl groups excluding tert-OH is 1. The lowest BCUT2D eigenvalue weighted by Crippen LogP contribution is -2.41. The summed E-state index contributed by atoms with van der Waals surface area (Å²) in [5.41, 5.74) is 0.812. The van der Waals surface area contributed by atoms with Crippen LogP contribution in [-0.4, -0.2) is 29.0 Å². The largest absolute Gasteiger partial charge is 0.508 e. The van der Waals surface area contributed by atoms with E-state index in [1.54, 1.807) is 18.2 Å². The third kappa shape index (κ3) is 2.13. The molecule has 0 fully saturated rings. The fraction of sp³-hybridized carbons (Fsp3) is 0.500. The van der Waals surface area contributed by atoms with E-state index in [0.717, 1.165) is 11.3 Å². The molecule has 88 valence electrons. The number of hydrogen-bond acceptors (Lipinski definition) is 4. The third-order valence-electron chi connectivity index (χ3n) is 2.64. The zero-order valence-corrected chi connectivity index (χ0v) is 9.47. The van der Waals surface area contributed by atoms with Gasteiger partial charge in [-0.15, -0.1) is 0 Å². The molecule has 0 radical (unpaired) electrons. The molecule has 0 saturated heterocycles. The Labute approximate surface area is 94.9 Å². The van der Waals surface area contributed by atoms with Crippen molar-refractivity contribution in [2.24, 2.45) is 0 Å². The Balaban J connectivity index is 2.34. The molecular formula is C12H17NO3. The molecule has 16 heavy (non-hydrogen) atoms. The molecule has 0 bridgehead atoms. The van der Waals surface area contributed by atoms with Crippen LogP contribution in [0.5, 0.6) is 11.5 Å². The van der Waals surface area contributed by atoms with Gasteiger partial charge in [0.25, 0.3) is 0 Å². The van der Waals surface area contributed by atoms with Gasteiger partial charge in [-0.2, -0.15) is 0 Å². The van der Waals surface area contributed by atoms with E-state index in [1.807, 2.05) is 13.8 Å². The van der Waals surface area contributed by atoms with Crippen LogP contribution in [0, 0.1) is 0 Å². The van der Waals surface area contributed by atoms with Crippen molar-refractivity contribution in [1.82, 2.24) is 5.32 Å². The first-order valence-electron chi connectivity index (χ1n) is 5.47. The van der Waals surface area contributed by atoms with Crippen LogP contribution < -0.4 is 10.1 Å². The van der Waals surface area contributed by atoms with Gasteiger partial charge in [0.15, 0.2) is 0 Å². The normalized spacial score (nSPS) is 24.0. The van der Waals surface area contributed by atoms with Crippen LogP contribution in [0.1, 0.15) is 25.5 Å². The molecule has 0 unspecified atom stereocenters. The number of benzene rings is 1. The number of aliphatic hydroxyl groups is 1. The first-order valence-corrected chi connectivity index (χ1v) is 5.47. The lowest BCUT2D eigenvalue weighted by Gasteiger charge is -2.32. The van der Waals surface area contributed by atoms with E-state index in [2.05, 4.69) is 5.32 Å². The first-order chi connectivity index (χ1) is 7.58. The lowest BCUT2D eigenvalue weighted by atomic mass is 9.97. The van der Waals surface area contributed by atoms with Gasteiger partial charge in [-0.05, 0) is 18.2 Å². The maximum atomic E-state index is 9.89. The third-order valence-corrected chi connectivity index (χ3v) is 2.64. The SMILES string of the molecule is CC(C)N[C@H]1c2cc(O)ccc2OC[C@H]1O. The van der Waals surface area contributed by atoms with Gasteiger partial charge in [0, 0.05) is 11.6 Å². The fourth-order valence-electron chi connectivity index (χ4n) is 1.95. The zero-order valence-electron chi connectivity index (χ0n) is 9.47. The molecule has 1 aromatic carbocycles. The summed E-state index contributed by atoms with van der Waals surface area (Å²) in [4.78, 5) is 0. The van der Waals surface area contributed by atoms with Crippen LogP contribution in [0.15, 0.2) is 18.2 Å². The van der Waals surface area contributed by atoms with E-state index in [-0.39, 0.29) is 24.4 Å². The van der Waals surface area contributed by atoms with Crippen LogP contribution >= 0.6 is 0 Å². The van der Waals surface area contributed by atoms with Crippen molar-refractivity contribution in [1.29, 1.82) is 0 Å². The molecule has 0 spiro atoms. The first kappa shape index (κ1) is 11.2. The second kappa shape index (κ2) is 4.31. The molecule has 0 amide bonds. The topological polar surface area (TPSA) is 61.7 Å². The molecule has 1 aliphatic rings. The van der Waals surface area contributed by atoms with Crippen LogP contribution in [0.2, 0.25) is 0 Å². The Bertz CT molecular complexity index is 379. The minimum absolute atomic E-state index is 0.184. The Morgan fingerprint density at radius 2 is 2.19 bits per heavy atom. The van der Waals surface area contributed by atoms with E-state index < -0.39 is 6.10 Å². The molecule has 4 nitrogen and oxygen atoms in total. The Morgan fingerprint density at radius 3 is 2.88 bits per heavy atom. The van der Waals surface area contributed by atoms with E-state index in [9.17, 15) is 10.2 Å². The van der Waals surface area contributed by atoms with Gasteiger partial charge in [0.1, 0.15) is 24.2 Å². The van der Waals surface area contributed by atoms with Crippen molar-refractivity contribution < 1.29 is 14.9 Å². The van der Waals surface area contributed by atoms with Gasteiger partial charge in [-0.25, -0.2) is 0 Å². The van der Waals surface area contributed by atoms with Gasteiger partial charge >= 0.3 is 0 Å². The van der Waals surface area contributed by atoms with Gasteiger partial charge in [-0.3, -0.25) is 0 Å². The lowest BCUT2D eigenvalue weighted by molar-refractivity contribution is 0.0521. The molecule has 4 heteroatoms. The van der Waals surface area contributed by atoms with Gasteiger partial charge in [-0.1, -0.05) is 13.8 Å². The molecule has 2 atom stereocenters. The highest BCUT2D eigenvalue weighted by Crippen LogP contribution is 2.34. The predicted molar refractivity (Wildman–Crippen MR) is 60.6 cm³/mol. The predicted octanol–water partition coefficient (Wildman–Crippen LogP) is 1.18. The Hall–Kier alpha value is -1.26. The molecule has 0 saturated carbocycles. The summed E-state index contributed by atoms with van der Waals surface area (Å²) in [5, 5.41) is 22.6. The zero-order chi connectivity index (χ0) is 11.7. The van der Waals surface area contributed by atoms with Gasteiger partial charge in [0.2, 0.25) is 0 Å². The van der Waals surface area contributed by atoms with Crippen LogP contribution in [0.25, 0.3) is 0 Å². The van der Waals surface area contributed by atoms with Crippen LogP contribution in [-0.2, 0) is 0 Å². The van der Waals surface area contributed by atoms with Crippen molar-refractivity contribution in [2.45, 2.75) is 32.0 Å². The minimum Gasteiger partial charge on any atom is -0.508 e. The Morgan fingerprint density at radius 1 is 1.44 bits per heavy atom. The highest BCUT2D eigenvalue weighted by molar-refractivity contribution is 5.43. The summed E-state index contributed by atoms with van der Waals surface area (Å²) >= 11 is 0. The standard InChI is InChI=1S/C12H17NO3/c1-7(2)13-12-9-5-8(14)3-4-11(9)16-6-10(12)15/h3-5,7,10,12-15H,6H2,1-2H3/t10-,12+/m1/s1. The van der Waals surface area contributed by atoms with Crippen molar-refractivity contribution in [3.63, 3.8) is 0 Å². The van der Waals surface area contributed by atoms with E-state index in [4.69, 9.17) is 4.74 Å². The van der Waals surface area contributed by atoms with Crippen molar-refractivity contribution in [3.8, 4) is 11.5 Å². The molecule has 3 N–H and O–H groups in total. The van der Waals surface area contributed by atoms with Crippen LogP contribution in [0.4, 0.5) is 0 Å². The van der Waals surface area contributed by atoms with E-state index >= 15 is 0 Å². The number of ether oxygens (including phenoxy) is 1. The average Bonchev–Trinajstić information content (AvgIpc) is 2.22. The summed E-state index contributed by atoms with van der Waals surface area (Å²) in [7, 11) is 0. The summed E-state index contributed by atoms with van der Waals surface area (Å²) in [6.07, 6.45) is -0.586. The number of phenolic OH excluding ortho intramolecular Hbond substituents is 1. The number of rotatable bonds is 2.